The van der Waals surface area contributed by atoms with Crippen LogP contribution in [0.25, 0.3) is 20.4 Å². The van der Waals surface area contributed by atoms with Crippen LogP contribution in [0.3, 0.4) is 0 Å². The first-order valence-corrected chi connectivity index (χ1v) is 15.6. The van der Waals surface area contributed by atoms with Gasteiger partial charge in [0.25, 0.3) is 0 Å². The summed E-state index contributed by atoms with van der Waals surface area (Å²) in [5.74, 6) is -0.979. The van der Waals surface area contributed by atoms with E-state index in [0.29, 0.717) is 48.3 Å². The Morgan fingerprint density at radius 3 is 1.59 bits per heavy atom. The Bertz CT molecular complexity index is 1640. The van der Waals surface area contributed by atoms with Gasteiger partial charge in [0.05, 0.1) is 53.6 Å². The fourth-order valence-electron chi connectivity index (χ4n) is 3.74. The van der Waals surface area contributed by atoms with Crippen LogP contribution in [0.15, 0.2) is 90.2 Å². The predicted octanol–water partition coefficient (Wildman–Crippen LogP) is 5.48. The van der Waals surface area contributed by atoms with Gasteiger partial charge in [0.2, 0.25) is 10.3 Å². The largest absolute Gasteiger partial charge is 0.612 e. The van der Waals surface area contributed by atoms with Gasteiger partial charge in [-0.2, -0.15) is 9.98 Å². The number of aliphatic imine (C=N–C) groups is 4. The molecule has 0 N–H and O–H groups in total. The summed E-state index contributed by atoms with van der Waals surface area (Å²) < 4.78 is 12.8. The Labute approximate surface area is 251 Å². The average molecular weight is 621 g/mol. The van der Waals surface area contributed by atoms with E-state index in [4.69, 9.17) is 9.47 Å². The van der Waals surface area contributed by atoms with Crippen LogP contribution in [-0.4, -0.2) is 44.9 Å². The zero-order valence-electron chi connectivity index (χ0n) is 21.7. The minimum absolute atomic E-state index is 0.0909. The summed E-state index contributed by atoms with van der Waals surface area (Å²) >= 11 is 5.23. The van der Waals surface area contributed by atoms with Crippen molar-refractivity contribution < 1.29 is 19.7 Å². The van der Waals surface area contributed by atoms with Crippen LogP contribution in [0.5, 0.6) is 0 Å². The standard InChI is InChI=1S/C27H22N6O4S4/c1-14-20(40-24(28-14)32-26-30-16-8-3-5-10-18(16)38-26)22(34)36-12-7-13-37-23(35)21-15(2)29-25(41-21)33-27-31-17-9-4-6-11-19(17)39-27/h3-6,8-11,34-35H,7,12-13H2,1-2H3/p-2/b22-20+,23-21+,32-24+,33-25+. The second-order valence-electron chi connectivity index (χ2n) is 8.60. The molecule has 10 nitrogen and oxygen atoms in total. The Morgan fingerprint density at radius 2 is 1.15 bits per heavy atom. The SMILES string of the molecule is CC1=NC(=N\c2nc3ccccc3s2)/S/C1=C(\[O-])OCCCO/C([O-])=C1/S/C(=N/c2nc3ccccc3s2)N=C1C. The molecule has 208 valence electrons. The van der Waals surface area contributed by atoms with Crippen LogP contribution >= 0.6 is 46.2 Å². The van der Waals surface area contributed by atoms with E-state index in [9.17, 15) is 10.2 Å². The molecule has 0 radical (unpaired) electrons. The van der Waals surface area contributed by atoms with Crippen LogP contribution in [0.1, 0.15) is 20.3 Å². The van der Waals surface area contributed by atoms with Crippen molar-refractivity contribution in [2.75, 3.05) is 13.2 Å². The monoisotopic (exact) mass is 620 g/mol. The van der Waals surface area contributed by atoms with Crippen molar-refractivity contribution in [2.24, 2.45) is 20.0 Å². The number of ether oxygens (including phenoxy) is 2. The summed E-state index contributed by atoms with van der Waals surface area (Å²) in [6.07, 6.45) is 0.346. The first-order valence-electron chi connectivity index (χ1n) is 12.4. The molecule has 0 fully saturated rings. The third-order valence-corrected chi connectivity index (χ3v) is 9.57. The molecule has 0 saturated heterocycles. The van der Waals surface area contributed by atoms with E-state index in [2.05, 4.69) is 29.9 Å². The Morgan fingerprint density at radius 1 is 0.707 bits per heavy atom. The highest BCUT2D eigenvalue weighted by Crippen LogP contribution is 2.35. The number of fused-ring (bicyclic) bond motifs is 2. The van der Waals surface area contributed by atoms with Gasteiger partial charge in [-0.1, -0.05) is 46.9 Å². The second kappa shape index (κ2) is 12.0. The quantitative estimate of drug-likeness (QED) is 0.186. The lowest BCUT2D eigenvalue weighted by Gasteiger charge is -2.21. The van der Waals surface area contributed by atoms with Crippen molar-refractivity contribution in [2.45, 2.75) is 20.3 Å². The number of allylic oxidation sites excluding steroid dienone is 2. The number of nitrogens with zero attached hydrogens (tertiary/aromatic N) is 6. The van der Waals surface area contributed by atoms with Gasteiger partial charge in [-0.05, 0) is 81.3 Å². The lowest BCUT2D eigenvalue weighted by molar-refractivity contribution is -0.360. The van der Waals surface area contributed by atoms with Crippen LogP contribution < -0.4 is 10.2 Å². The van der Waals surface area contributed by atoms with Crippen molar-refractivity contribution in [1.82, 2.24) is 9.97 Å². The van der Waals surface area contributed by atoms with Gasteiger partial charge in [0.15, 0.2) is 10.3 Å². The van der Waals surface area contributed by atoms with E-state index in [1.165, 1.54) is 22.7 Å². The molecule has 0 atom stereocenters. The number of amidine groups is 2. The molecule has 0 unspecified atom stereocenters. The molecule has 6 rings (SSSR count). The van der Waals surface area contributed by atoms with Crippen LogP contribution in [0, 0.1) is 0 Å². The molecule has 0 amide bonds. The molecular weight excluding hydrogens is 601 g/mol. The number of hydrogen-bond acceptors (Lipinski definition) is 12. The first kappa shape index (κ1) is 27.4. The maximum absolute atomic E-state index is 12.6. The van der Waals surface area contributed by atoms with E-state index in [0.717, 1.165) is 44.0 Å². The predicted molar refractivity (Wildman–Crippen MR) is 165 cm³/mol. The lowest BCUT2D eigenvalue weighted by atomic mass is 10.3. The van der Waals surface area contributed by atoms with Crippen LogP contribution in [0.4, 0.5) is 10.3 Å². The second-order valence-corrected chi connectivity index (χ2v) is 12.6. The summed E-state index contributed by atoms with van der Waals surface area (Å²) in [5, 5.41) is 27.3. The van der Waals surface area contributed by atoms with E-state index < -0.39 is 11.9 Å². The van der Waals surface area contributed by atoms with Crippen molar-refractivity contribution in [1.29, 1.82) is 0 Å². The molecular formula is C27H20N6O4S4-2. The van der Waals surface area contributed by atoms with Crippen LogP contribution in [0.2, 0.25) is 0 Å². The molecule has 0 spiro atoms. The molecule has 2 aliphatic heterocycles. The molecule has 2 aliphatic rings. The minimum atomic E-state index is -0.489. The van der Waals surface area contributed by atoms with Crippen molar-refractivity contribution in [3.8, 4) is 0 Å². The molecule has 2 aromatic carbocycles. The Balaban J connectivity index is 0.998. The highest BCUT2D eigenvalue weighted by atomic mass is 32.2. The van der Waals surface area contributed by atoms with Gasteiger partial charge in [0, 0.05) is 0 Å². The molecule has 2 aromatic heterocycles. The van der Waals surface area contributed by atoms with E-state index >= 15 is 0 Å². The summed E-state index contributed by atoms with van der Waals surface area (Å²) in [4.78, 5) is 27.4. The molecule has 4 heterocycles. The average Bonchev–Trinajstić information content (AvgIpc) is 3.73. The summed E-state index contributed by atoms with van der Waals surface area (Å²) in [6.45, 7) is 3.66. The maximum Gasteiger partial charge on any atom is 0.212 e. The third kappa shape index (κ3) is 6.30. The number of thiazole rings is 2. The first-order chi connectivity index (χ1) is 19.9. The number of thioether (sulfide) groups is 2. The fraction of sp³-hybridized carbons (Fsp3) is 0.185. The van der Waals surface area contributed by atoms with Crippen LogP contribution in [-0.2, 0) is 9.47 Å². The van der Waals surface area contributed by atoms with Gasteiger partial charge >= 0.3 is 0 Å². The normalized spacial score (nSPS) is 19.8. The Kier molecular flexibility index (Phi) is 8.05. The molecule has 14 heteroatoms. The molecule has 0 bridgehead atoms. The molecule has 0 saturated carbocycles. The van der Waals surface area contributed by atoms with Gasteiger partial charge in [0.1, 0.15) is 0 Å². The van der Waals surface area contributed by atoms with Crippen molar-refractivity contribution >= 4 is 98.7 Å². The van der Waals surface area contributed by atoms with Gasteiger partial charge in [-0.3, -0.25) is 0 Å². The molecule has 41 heavy (non-hydrogen) atoms. The summed E-state index contributed by atoms with van der Waals surface area (Å²) in [5.41, 5.74) is 2.82. The zero-order valence-corrected chi connectivity index (χ0v) is 25.0. The maximum atomic E-state index is 12.6. The zero-order chi connectivity index (χ0) is 28.3. The number of rotatable bonds is 8. The summed E-state index contributed by atoms with van der Waals surface area (Å²) in [6, 6.07) is 15.6. The van der Waals surface area contributed by atoms with Gasteiger partial charge in [-0.15, -0.1) is 0 Å². The fourth-order valence-corrected chi connectivity index (χ4v) is 7.19. The number of para-hydroxylation sites is 2. The van der Waals surface area contributed by atoms with E-state index in [1.807, 2.05) is 48.5 Å². The van der Waals surface area contributed by atoms with E-state index in [-0.39, 0.29) is 13.2 Å². The van der Waals surface area contributed by atoms with Gasteiger partial charge in [-0.25, -0.2) is 20.0 Å². The minimum Gasteiger partial charge on any atom is -0.612 e. The highest BCUT2D eigenvalue weighted by molar-refractivity contribution is 8.18. The smallest absolute Gasteiger partial charge is 0.212 e. The van der Waals surface area contributed by atoms with Crippen molar-refractivity contribution in [3.05, 3.63) is 70.2 Å². The number of hydrogen-bond donors (Lipinski definition) is 0. The van der Waals surface area contributed by atoms with Gasteiger partial charge < -0.3 is 19.7 Å². The summed E-state index contributed by atoms with van der Waals surface area (Å²) in [7, 11) is 0. The van der Waals surface area contributed by atoms with Crippen molar-refractivity contribution in [3.63, 3.8) is 0 Å². The number of aromatic nitrogens is 2. The molecule has 4 aromatic rings. The van der Waals surface area contributed by atoms with E-state index in [1.54, 1.807) is 13.8 Å². The molecule has 0 aliphatic carbocycles. The Hall–Kier alpha value is -3.72. The number of benzene rings is 2. The lowest BCUT2D eigenvalue weighted by Crippen LogP contribution is -2.16. The highest BCUT2D eigenvalue weighted by Gasteiger charge is 2.20. The topological polar surface area (TPSA) is 140 Å². The third-order valence-electron chi connectivity index (χ3n) is 5.64.